The molecule has 0 radical (unpaired) electrons. The number of esters is 3. The van der Waals surface area contributed by atoms with Crippen LogP contribution in [0.5, 0.6) is 0 Å². The van der Waals surface area contributed by atoms with Crippen LogP contribution in [0.25, 0.3) is 0 Å². The van der Waals surface area contributed by atoms with Gasteiger partial charge in [-0.1, -0.05) is 243 Å². The number of unbranched alkanes of at least 4 members (excludes halogenated alkanes) is 35. The molecule has 0 amide bonds. The van der Waals surface area contributed by atoms with Gasteiger partial charge in [0.1, 0.15) is 13.2 Å². The van der Waals surface area contributed by atoms with Gasteiger partial charge in [0.05, 0.1) is 0 Å². The molecule has 0 aliphatic rings. The summed E-state index contributed by atoms with van der Waals surface area (Å²) in [4.78, 5) is 38.1. The second kappa shape index (κ2) is 54.2. The molecule has 0 saturated carbocycles. The fourth-order valence-corrected chi connectivity index (χ4v) is 8.29. The lowest BCUT2D eigenvalue weighted by molar-refractivity contribution is -0.167. The van der Waals surface area contributed by atoms with Crippen molar-refractivity contribution in [3.8, 4) is 0 Å². The van der Waals surface area contributed by atoms with Gasteiger partial charge in [0, 0.05) is 19.3 Å². The molecule has 0 aliphatic heterocycles. The molecule has 0 bridgehead atoms. The highest BCUT2D eigenvalue weighted by atomic mass is 16.6. The van der Waals surface area contributed by atoms with Crippen LogP contribution in [-0.2, 0) is 28.6 Å². The Morgan fingerprint density at radius 3 is 0.892 bits per heavy atom. The Labute approximate surface area is 404 Å². The summed E-state index contributed by atoms with van der Waals surface area (Å²) in [6.07, 6.45) is 64.1. The molecule has 0 N–H and O–H groups in total. The van der Waals surface area contributed by atoms with E-state index in [1.807, 2.05) is 0 Å². The number of rotatable bonds is 52. The van der Waals surface area contributed by atoms with Crippen LogP contribution in [0.1, 0.15) is 303 Å². The van der Waals surface area contributed by atoms with E-state index in [0.717, 1.165) is 77.0 Å². The minimum Gasteiger partial charge on any atom is -0.462 e. The van der Waals surface area contributed by atoms with E-state index in [1.54, 1.807) is 0 Å². The second-order valence-corrected chi connectivity index (χ2v) is 19.2. The van der Waals surface area contributed by atoms with Gasteiger partial charge in [-0.15, -0.1) is 0 Å². The average molecular weight is 914 g/mol. The first kappa shape index (κ1) is 62.6. The molecule has 0 aromatic carbocycles. The first-order valence-corrected chi connectivity index (χ1v) is 28.5. The molecule has 0 aliphatic carbocycles. The van der Waals surface area contributed by atoms with Crippen LogP contribution in [-0.4, -0.2) is 37.2 Å². The van der Waals surface area contributed by atoms with Crippen LogP contribution < -0.4 is 0 Å². The molecular weight excluding hydrogens is 805 g/mol. The maximum atomic E-state index is 12.8. The van der Waals surface area contributed by atoms with Gasteiger partial charge >= 0.3 is 17.9 Å². The minimum absolute atomic E-state index is 0.0756. The monoisotopic (exact) mass is 913 g/mol. The number of hydrogen-bond acceptors (Lipinski definition) is 6. The fraction of sp³-hybridized carbons (Fsp3) is 0.847. The molecule has 0 saturated heterocycles. The Bertz CT molecular complexity index is 1090. The van der Waals surface area contributed by atoms with Gasteiger partial charge in [0.15, 0.2) is 6.10 Å². The van der Waals surface area contributed by atoms with Gasteiger partial charge < -0.3 is 14.2 Å². The normalized spacial score (nSPS) is 12.2. The summed E-state index contributed by atoms with van der Waals surface area (Å²) in [5, 5.41) is 0. The van der Waals surface area contributed by atoms with E-state index in [9.17, 15) is 14.4 Å². The summed E-state index contributed by atoms with van der Waals surface area (Å²) < 4.78 is 16.9. The minimum atomic E-state index is -0.775. The van der Waals surface area contributed by atoms with Crippen LogP contribution in [0.2, 0.25) is 0 Å². The van der Waals surface area contributed by atoms with E-state index in [4.69, 9.17) is 14.2 Å². The van der Waals surface area contributed by atoms with Crippen molar-refractivity contribution in [2.45, 2.75) is 309 Å². The number of ether oxygens (including phenoxy) is 3. The van der Waals surface area contributed by atoms with E-state index in [1.165, 1.54) is 186 Å². The molecule has 1 atom stereocenters. The molecule has 0 aromatic heterocycles. The first-order chi connectivity index (χ1) is 32.0. The zero-order valence-electron chi connectivity index (χ0n) is 43.5. The summed E-state index contributed by atoms with van der Waals surface area (Å²) in [7, 11) is 0. The Hall–Kier alpha value is -2.37. The van der Waals surface area contributed by atoms with Crippen molar-refractivity contribution in [3.05, 3.63) is 36.5 Å². The van der Waals surface area contributed by atoms with Crippen LogP contribution in [0.3, 0.4) is 0 Å². The molecule has 0 spiro atoms. The fourth-order valence-electron chi connectivity index (χ4n) is 8.29. The highest BCUT2D eigenvalue weighted by Crippen LogP contribution is 2.16. The Kier molecular flexibility index (Phi) is 52.3. The van der Waals surface area contributed by atoms with Crippen molar-refractivity contribution in [2.24, 2.45) is 0 Å². The highest BCUT2D eigenvalue weighted by molar-refractivity contribution is 5.71. The van der Waals surface area contributed by atoms with Crippen molar-refractivity contribution in [3.63, 3.8) is 0 Å². The van der Waals surface area contributed by atoms with E-state index in [-0.39, 0.29) is 31.1 Å². The van der Waals surface area contributed by atoms with Gasteiger partial charge in [-0.05, 0) is 77.0 Å². The summed E-state index contributed by atoms with van der Waals surface area (Å²) in [6, 6.07) is 0. The highest BCUT2D eigenvalue weighted by Gasteiger charge is 2.19. The van der Waals surface area contributed by atoms with Crippen molar-refractivity contribution >= 4 is 17.9 Å². The van der Waals surface area contributed by atoms with Crippen LogP contribution >= 0.6 is 0 Å². The molecule has 6 nitrogen and oxygen atoms in total. The summed E-state index contributed by atoms with van der Waals surface area (Å²) in [5.41, 5.74) is 0. The molecule has 380 valence electrons. The molecule has 0 aromatic rings. The molecule has 65 heavy (non-hydrogen) atoms. The van der Waals surface area contributed by atoms with Crippen molar-refractivity contribution in [2.75, 3.05) is 13.2 Å². The molecule has 0 heterocycles. The number of carbonyl (C=O) groups is 3. The lowest BCUT2D eigenvalue weighted by atomic mass is 10.0. The van der Waals surface area contributed by atoms with Gasteiger partial charge in [0.2, 0.25) is 0 Å². The maximum absolute atomic E-state index is 12.8. The SMILES string of the molecule is CCCCC/C=C\C/C=C\CCCCCCCCCC(=O)OCC(COC(=O)CCCCCCC/C=C\CCCCCCC)OC(=O)CCCCCCCCCCCCCCCCCC. The number of carbonyl (C=O) groups excluding carboxylic acids is 3. The second-order valence-electron chi connectivity index (χ2n) is 19.2. The third-order valence-electron chi connectivity index (χ3n) is 12.6. The van der Waals surface area contributed by atoms with Gasteiger partial charge in [-0.2, -0.15) is 0 Å². The largest absolute Gasteiger partial charge is 0.462 e. The Morgan fingerprint density at radius 1 is 0.308 bits per heavy atom. The number of hydrogen-bond donors (Lipinski definition) is 0. The van der Waals surface area contributed by atoms with Crippen molar-refractivity contribution in [1.29, 1.82) is 0 Å². The van der Waals surface area contributed by atoms with Crippen LogP contribution in [0.15, 0.2) is 36.5 Å². The molecule has 1 unspecified atom stereocenters. The van der Waals surface area contributed by atoms with E-state index < -0.39 is 6.10 Å². The predicted molar refractivity (Wildman–Crippen MR) is 279 cm³/mol. The molecule has 0 fully saturated rings. The van der Waals surface area contributed by atoms with Gasteiger partial charge in [-0.25, -0.2) is 0 Å². The molecule has 0 rings (SSSR count). The first-order valence-electron chi connectivity index (χ1n) is 28.5. The third kappa shape index (κ3) is 52.5. The summed E-state index contributed by atoms with van der Waals surface area (Å²) in [5.74, 6) is -0.874. The van der Waals surface area contributed by atoms with E-state index in [0.29, 0.717) is 19.3 Å². The average Bonchev–Trinajstić information content (AvgIpc) is 3.30. The quantitative estimate of drug-likeness (QED) is 0.0262. The van der Waals surface area contributed by atoms with E-state index in [2.05, 4.69) is 57.2 Å². The van der Waals surface area contributed by atoms with Crippen LogP contribution in [0, 0.1) is 0 Å². The summed E-state index contributed by atoms with van der Waals surface area (Å²) in [6.45, 7) is 6.63. The summed E-state index contributed by atoms with van der Waals surface area (Å²) >= 11 is 0. The topological polar surface area (TPSA) is 78.9 Å². The molecule has 6 heteroatoms. The van der Waals surface area contributed by atoms with Crippen molar-refractivity contribution in [1.82, 2.24) is 0 Å². The lowest BCUT2D eigenvalue weighted by Gasteiger charge is -2.18. The number of allylic oxidation sites excluding steroid dienone is 6. The third-order valence-corrected chi connectivity index (χ3v) is 12.6. The lowest BCUT2D eigenvalue weighted by Crippen LogP contribution is -2.30. The van der Waals surface area contributed by atoms with Gasteiger partial charge in [0.25, 0.3) is 0 Å². The Balaban J connectivity index is 4.36. The van der Waals surface area contributed by atoms with E-state index >= 15 is 0 Å². The smallest absolute Gasteiger partial charge is 0.306 e. The standard InChI is InChI=1S/C59H108O6/c1-4-7-10-13-16-19-22-25-28-30-32-34-37-40-43-46-49-52-58(61)64-55-56(54-63-57(60)51-48-45-42-39-36-33-27-24-21-18-15-12-9-6-3)65-59(62)53-50-47-44-41-38-35-31-29-26-23-20-17-14-11-8-5-2/h16,19,24-25,27-28,56H,4-15,17-18,20-23,26,29-55H2,1-3H3/b19-16-,27-24-,28-25-. The maximum Gasteiger partial charge on any atom is 0.306 e. The zero-order valence-corrected chi connectivity index (χ0v) is 43.5. The zero-order chi connectivity index (χ0) is 47.2. The Morgan fingerprint density at radius 2 is 0.554 bits per heavy atom. The van der Waals surface area contributed by atoms with Gasteiger partial charge in [-0.3, -0.25) is 14.4 Å². The molecular formula is C59H108O6. The van der Waals surface area contributed by atoms with Crippen LogP contribution in [0.4, 0.5) is 0 Å². The predicted octanol–water partition coefficient (Wildman–Crippen LogP) is 18.9. The van der Waals surface area contributed by atoms with Crippen molar-refractivity contribution < 1.29 is 28.6 Å².